The van der Waals surface area contributed by atoms with Gasteiger partial charge in [0, 0.05) is 6.54 Å². The van der Waals surface area contributed by atoms with Crippen LogP contribution in [-0.4, -0.2) is 37.1 Å². The molecular formula is C14H21N5O2. The van der Waals surface area contributed by atoms with E-state index < -0.39 is 5.60 Å². The van der Waals surface area contributed by atoms with Crippen molar-refractivity contribution in [2.24, 2.45) is 5.41 Å². The number of fused-ring (bicyclic) bond motifs is 1. The molecule has 1 saturated carbocycles. The molecule has 2 aromatic heterocycles. The van der Waals surface area contributed by atoms with Crippen LogP contribution in [0.5, 0.6) is 0 Å². The maximum absolute atomic E-state index is 11.5. The van der Waals surface area contributed by atoms with Crippen LogP contribution in [-0.2, 0) is 0 Å². The Kier molecular flexibility index (Phi) is 3.24. The molecule has 2 aromatic rings. The van der Waals surface area contributed by atoms with Crippen molar-refractivity contribution in [1.29, 1.82) is 0 Å². The largest absolute Gasteiger partial charge is 0.388 e. The fourth-order valence-electron chi connectivity index (χ4n) is 2.72. The number of hydrogen-bond donors (Lipinski definition) is 3. The molecule has 0 spiro atoms. The zero-order valence-corrected chi connectivity index (χ0v) is 12.4. The zero-order chi connectivity index (χ0) is 15.1. The van der Waals surface area contributed by atoms with Crippen molar-refractivity contribution >= 4 is 11.5 Å². The molecule has 0 amide bonds. The standard InChI is InChI=1S/C14H21N5O2/c1-13(2)5-7-14(21,8-6-13)9-15-10-3-4-11-16-17-12(20)19(11)18-10/h3-4,21H,5-9H2,1-2H3,(H,15,18)(H,17,20). The quantitative estimate of drug-likeness (QED) is 0.788. The summed E-state index contributed by atoms with van der Waals surface area (Å²) in [5.41, 5.74) is -0.281. The molecular weight excluding hydrogens is 270 g/mol. The van der Waals surface area contributed by atoms with Crippen LogP contribution in [0.25, 0.3) is 5.65 Å². The minimum atomic E-state index is -0.701. The van der Waals surface area contributed by atoms with E-state index in [1.165, 1.54) is 4.52 Å². The lowest BCUT2D eigenvalue weighted by Crippen LogP contribution is -2.42. The summed E-state index contributed by atoms with van der Waals surface area (Å²) in [5.74, 6) is 0.559. The predicted molar refractivity (Wildman–Crippen MR) is 79.3 cm³/mol. The van der Waals surface area contributed by atoms with Gasteiger partial charge in [0.15, 0.2) is 5.65 Å². The van der Waals surface area contributed by atoms with Crippen molar-refractivity contribution in [1.82, 2.24) is 19.8 Å². The van der Waals surface area contributed by atoms with E-state index in [1.807, 2.05) is 0 Å². The van der Waals surface area contributed by atoms with Crippen molar-refractivity contribution < 1.29 is 5.11 Å². The van der Waals surface area contributed by atoms with Crippen LogP contribution >= 0.6 is 0 Å². The van der Waals surface area contributed by atoms with Crippen LogP contribution in [0, 0.1) is 5.41 Å². The fourth-order valence-corrected chi connectivity index (χ4v) is 2.72. The first-order chi connectivity index (χ1) is 9.87. The Morgan fingerprint density at radius 2 is 2.05 bits per heavy atom. The van der Waals surface area contributed by atoms with Gasteiger partial charge in [0.2, 0.25) is 0 Å². The van der Waals surface area contributed by atoms with Gasteiger partial charge in [0.1, 0.15) is 5.82 Å². The highest BCUT2D eigenvalue weighted by molar-refractivity contribution is 5.43. The first-order valence-electron chi connectivity index (χ1n) is 7.28. The minimum Gasteiger partial charge on any atom is -0.388 e. The Balaban J connectivity index is 1.68. The van der Waals surface area contributed by atoms with Crippen molar-refractivity contribution in [3.05, 3.63) is 22.6 Å². The third-order valence-electron chi connectivity index (χ3n) is 4.41. The van der Waals surface area contributed by atoms with Crippen molar-refractivity contribution in [3.8, 4) is 0 Å². The normalized spacial score (nSPS) is 20.5. The molecule has 0 saturated heterocycles. The van der Waals surface area contributed by atoms with E-state index in [0.29, 0.717) is 23.4 Å². The molecule has 1 fully saturated rings. The van der Waals surface area contributed by atoms with E-state index in [2.05, 4.69) is 34.5 Å². The number of aromatic amines is 1. The second-order valence-corrected chi connectivity index (χ2v) is 6.76. The Hall–Kier alpha value is -1.89. The Morgan fingerprint density at radius 1 is 1.33 bits per heavy atom. The van der Waals surface area contributed by atoms with Crippen molar-refractivity contribution in [2.45, 2.75) is 45.1 Å². The Labute approximate surface area is 122 Å². The second kappa shape index (κ2) is 4.84. The number of nitrogens with zero attached hydrogens (tertiary/aromatic N) is 3. The summed E-state index contributed by atoms with van der Waals surface area (Å²) in [7, 11) is 0. The molecule has 114 valence electrons. The van der Waals surface area contributed by atoms with Crippen LogP contribution in [0.1, 0.15) is 39.5 Å². The van der Waals surface area contributed by atoms with Crippen LogP contribution < -0.4 is 11.0 Å². The van der Waals surface area contributed by atoms with Gasteiger partial charge in [-0.05, 0) is 43.2 Å². The summed E-state index contributed by atoms with van der Waals surface area (Å²) < 4.78 is 1.20. The van der Waals surface area contributed by atoms with E-state index in [4.69, 9.17) is 0 Å². The maximum Gasteiger partial charge on any atom is 0.364 e. The summed E-state index contributed by atoms with van der Waals surface area (Å²) in [6.45, 7) is 4.91. The fraction of sp³-hybridized carbons (Fsp3) is 0.643. The van der Waals surface area contributed by atoms with Gasteiger partial charge in [-0.3, -0.25) is 0 Å². The Morgan fingerprint density at radius 3 is 2.76 bits per heavy atom. The molecule has 2 heterocycles. The van der Waals surface area contributed by atoms with Gasteiger partial charge in [-0.25, -0.2) is 9.89 Å². The molecule has 0 bridgehead atoms. The first kappa shape index (κ1) is 14.1. The SMILES string of the molecule is CC1(C)CCC(O)(CNc2ccc3n[nH]c(=O)n3n2)CC1. The van der Waals surface area contributed by atoms with Gasteiger partial charge in [0.25, 0.3) is 0 Å². The van der Waals surface area contributed by atoms with Gasteiger partial charge in [-0.2, -0.15) is 9.61 Å². The Bertz CT molecular complexity index is 693. The van der Waals surface area contributed by atoms with E-state index >= 15 is 0 Å². The molecule has 3 rings (SSSR count). The smallest absolute Gasteiger partial charge is 0.364 e. The predicted octanol–water partition coefficient (Wildman–Crippen LogP) is 1.16. The molecule has 0 atom stereocenters. The molecule has 1 aliphatic rings. The van der Waals surface area contributed by atoms with Gasteiger partial charge in [-0.1, -0.05) is 13.8 Å². The minimum absolute atomic E-state index is 0.313. The summed E-state index contributed by atoms with van der Waals surface area (Å²) >= 11 is 0. The highest BCUT2D eigenvalue weighted by Crippen LogP contribution is 2.40. The molecule has 0 unspecified atom stereocenters. The summed E-state index contributed by atoms with van der Waals surface area (Å²) in [4.78, 5) is 11.5. The highest BCUT2D eigenvalue weighted by Gasteiger charge is 2.36. The van der Waals surface area contributed by atoms with Crippen LogP contribution in [0.4, 0.5) is 5.82 Å². The van der Waals surface area contributed by atoms with Crippen LogP contribution in [0.15, 0.2) is 16.9 Å². The van der Waals surface area contributed by atoms with Crippen LogP contribution in [0.3, 0.4) is 0 Å². The third-order valence-corrected chi connectivity index (χ3v) is 4.41. The van der Waals surface area contributed by atoms with E-state index in [0.717, 1.165) is 25.7 Å². The van der Waals surface area contributed by atoms with Gasteiger partial charge >= 0.3 is 5.69 Å². The molecule has 0 aromatic carbocycles. The lowest BCUT2D eigenvalue weighted by Gasteiger charge is -2.40. The van der Waals surface area contributed by atoms with Crippen molar-refractivity contribution in [3.63, 3.8) is 0 Å². The first-order valence-corrected chi connectivity index (χ1v) is 7.28. The number of H-pyrrole nitrogens is 1. The highest BCUT2D eigenvalue weighted by atomic mass is 16.3. The number of aliphatic hydroxyl groups is 1. The third kappa shape index (κ3) is 2.92. The van der Waals surface area contributed by atoms with E-state index in [1.54, 1.807) is 12.1 Å². The molecule has 21 heavy (non-hydrogen) atoms. The number of anilines is 1. The molecule has 7 nitrogen and oxygen atoms in total. The van der Waals surface area contributed by atoms with Gasteiger partial charge in [0.05, 0.1) is 5.60 Å². The molecule has 1 aliphatic carbocycles. The van der Waals surface area contributed by atoms with E-state index in [9.17, 15) is 9.90 Å². The van der Waals surface area contributed by atoms with E-state index in [-0.39, 0.29) is 5.69 Å². The average molecular weight is 291 g/mol. The zero-order valence-electron chi connectivity index (χ0n) is 12.4. The monoisotopic (exact) mass is 291 g/mol. The number of aromatic nitrogens is 4. The second-order valence-electron chi connectivity index (χ2n) is 6.76. The summed E-state index contributed by atoms with van der Waals surface area (Å²) in [6.07, 6.45) is 3.58. The van der Waals surface area contributed by atoms with Crippen molar-refractivity contribution in [2.75, 3.05) is 11.9 Å². The topological polar surface area (TPSA) is 95.3 Å². The number of rotatable bonds is 3. The number of hydrogen-bond acceptors (Lipinski definition) is 5. The van der Waals surface area contributed by atoms with Gasteiger partial charge in [-0.15, -0.1) is 5.10 Å². The summed E-state index contributed by atoms with van der Waals surface area (Å²) in [6, 6.07) is 3.47. The van der Waals surface area contributed by atoms with Crippen LogP contribution in [0.2, 0.25) is 0 Å². The van der Waals surface area contributed by atoms with Gasteiger partial charge < -0.3 is 10.4 Å². The lowest BCUT2D eigenvalue weighted by molar-refractivity contribution is -0.0146. The molecule has 3 N–H and O–H groups in total. The average Bonchev–Trinajstić information content (AvgIpc) is 2.82. The summed E-state index contributed by atoms with van der Waals surface area (Å²) in [5, 5.41) is 24.1. The maximum atomic E-state index is 11.5. The molecule has 7 heteroatoms. The molecule has 0 radical (unpaired) electrons. The molecule has 0 aliphatic heterocycles. The lowest BCUT2D eigenvalue weighted by atomic mass is 9.71. The number of nitrogens with one attached hydrogen (secondary N) is 2.